The highest BCUT2D eigenvalue weighted by Crippen LogP contribution is 2.31. The van der Waals surface area contributed by atoms with E-state index in [0.717, 1.165) is 12.8 Å². The van der Waals surface area contributed by atoms with Gasteiger partial charge in [-0.25, -0.2) is 4.79 Å². The molecule has 0 spiro atoms. The van der Waals surface area contributed by atoms with Crippen molar-refractivity contribution in [3.63, 3.8) is 0 Å². The van der Waals surface area contributed by atoms with E-state index in [0.29, 0.717) is 18.4 Å². The molecule has 0 saturated heterocycles. The summed E-state index contributed by atoms with van der Waals surface area (Å²) in [7, 11) is 0. The molecule has 0 fully saturated rings. The van der Waals surface area contributed by atoms with E-state index in [1.165, 1.54) is 12.1 Å². The zero-order valence-corrected chi connectivity index (χ0v) is 23.6. The van der Waals surface area contributed by atoms with Gasteiger partial charge in [-0.3, -0.25) is 14.4 Å². The Morgan fingerprint density at radius 1 is 0.789 bits per heavy atom. The zero-order chi connectivity index (χ0) is 28.8. The Kier molecular flexibility index (Phi) is 14.4. The number of hydrogen-bond acceptors (Lipinski definition) is 10. The summed E-state index contributed by atoms with van der Waals surface area (Å²) in [5, 5.41) is 0. The summed E-state index contributed by atoms with van der Waals surface area (Å²) in [6, 6.07) is 3.62. The van der Waals surface area contributed by atoms with Gasteiger partial charge in [0.05, 0.1) is 18.4 Å². The third kappa shape index (κ3) is 11.1. The van der Waals surface area contributed by atoms with E-state index in [1.54, 1.807) is 33.8 Å². The molecule has 0 radical (unpaired) electrons. The number of hydrogen-bond donors (Lipinski definition) is 1. The average molecular weight is 538 g/mol. The Morgan fingerprint density at radius 2 is 1.34 bits per heavy atom. The van der Waals surface area contributed by atoms with Crippen LogP contribution < -0.4 is 15.2 Å². The maximum Gasteiger partial charge on any atom is 0.508 e. The van der Waals surface area contributed by atoms with Crippen molar-refractivity contribution in [2.24, 2.45) is 17.6 Å². The molecule has 10 nitrogen and oxygen atoms in total. The van der Waals surface area contributed by atoms with Gasteiger partial charge in [-0.2, -0.15) is 0 Å². The highest BCUT2D eigenvalue weighted by atomic mass is 16.7. The zero-order valence-electron chi connectivity index (χ0n) is 23.6. The second-order valence-corrected chi connectivity index (χ2v) is 9.47. The summed E-state index contributed by atoms with van der Waals surface area (Å²) in [6.07, 6.45) is 0.504. The molecule has 0 aromatic heterocycles. The summed E-state index contributed by atoms with van der Waals surface area (Å²) in [6.45, 7) is 12.6. The summed E-state index contributed by atoms with van der Waals surface area (Å²) in [4.78, 5) is 49.1. The van der Waals surface area contributed by atoms with Crippen LogP contribution in [0.4, 0.5) is 4.79 Å². The van der Waals surface area contributed by atoms with Crippen molar-refractivity contribution in [1.29, 1.82) is 0 Å². The smallest absolute Gasteiger partial charge is 0.458 e. The topological polar surface area (TPSA) is 140 Å². The lowest BCUT2D eigenvalue weighted by Gasteiger charge is -2.22. The third-order valence-electron chi connectivity index (χ3n) is 6.18. The maximum absolute atomic E-state index is 12.6. The van der Waals surface area contributed by atoms with Gasteiger partial charge in [0.2, 0.25) is 0 Å². The molecular formula is C28H43NO9. The molecule has 0 saturated carbocycles. The van der Waals surface area contributed by atoms with Crippen LogP contribution in [-0.2, 0) is 35.0 Å². The van der Waals surface area contributed by atoms with Crippen molar-refractivity contribution in [3.05, 3.63) is 23.8 Å². The fraction of sp³-hybridized carbons (Fsp3) is 0.643. The van der Waals surface area contributed by atoms with Crippen molar-refractivity contribution >= 4 is 24.1 Å². The molecule has 10 heteroatoms. The molecule has 0 heterocycles. The first kappa shape index (κ1) is 32.9. The molecule has 1 rings (SSSR count). The lowest BCUT2D eigenvalue weighted by molar-refractivity contribution is -0.155. The van der Waals surface area contributed by atoms with Crippen LogP contribution in [0.2, 0.25) is 0 Å². The van der Waals surface area contributed by atoms with Crippen LogP contribution in [0.15, 0.2) is 18.2 Å². The van der Waals surface area contributed by atoms with Crippen LogP contribution >= 0.6 is 0 Å². The van der Waals surface area contributed by atoms with E-state index in [9.17, 15) is 19.2 Å². The number of ether oxygens (including phenoxy) is 5. The first-order valence-electron chi connectivity index (χ1n) is 13.3. The maximum atomic E-state index is 12.6. The summed E-state index contributed by atoms with van der Waals surface area (Å²) < 4.78 is 26.5. The van der Waals surface area contributed by atoms with Crippen LogP contribution in [-0.4, -0.2) is 48.9 Å². The van der Waals surface area contributed by atoms with E-state index < -0.39 is 42.3 Å². The number of nitrogens with two attached hydrogens (primary N) is 1. The molecule has 0 aliphatic carbocycles. The van der Waals surface area contributed by atoms with Gasteiger partial charge >= 0.3 is 24.1 Å². The second-order valence-electron chi connectivity index (χ2n) is 9.47. The van der Waals surface area contributed by atoms with E-state index in [-0.39, 0.29) is 36.4 Å². The molecule has 5 atom stereocenters. The Labute approximate surface area is 225 Å². The van der Waals surface area contributed by atoms with Crippen molar-refractivity contribution in [1.82, 2.24) is 0 Å². The van der Waals surface area contributed by atoms with Crippen LogP contribution in [0.1, 0.15) is 79.7 Å². The standard InChI is InChI=1S/C28H43NO9/c1-8-11-14-34-28(33)36-20(7)19(6)35-27(32)22(29)15-21-12-13-23(37-25(30)17(4)9-2)24(16-21)38-26(31)18(5)10-3/h12-13,16-20,22H,8-11,14-15,29H2,1-7H3/t17?,18?,19-,20-,22-/m0/s1. The molecule has 1 aromatic rings. The lowest BCUT2D eigenvalue weighted by atomic mass is 10.1. The number of carbonyl (C=O) groups excluding carboxylic acids is 4. The molecule has 0 bridgehead atoms. The fourth-order valence-corrected chi connectivity index (χ4v) is 2.88. The first-order valence-corrected chi connectivity index (χ1v) is 13.3. The predicted octanol–water partition coefficient (Wildman–Crippen LogP) is 4.73. The minimum Gasteiger partial charge on any atom is -0.458 e. The Balaban J connectivity index is 2.89. The summed E-state index contributed by atoms with van der Waals surface area (Å²) >= 11 is 0. The SMILES string of the molecule is CCCCOC(=O)O[C@@H](C)[C@H](C)OC(=O)[C@@H](N)Cc1ccc(OC(=O)C(C)CC)c(OC(=O)C(C)CC)c1. The molecule has 2 unspecified atom stereocenters. The second kappa shape index (κ2) is 16.7. The largest absolute Gasteiger partial charge is 0.508 e. The number of esters is 3. The van der Waals surface area contributed by atoms with Crippen LogP contribution in [0, 0.1) is 11.8 Å². The normalized spacial score (nSPS) is 14.8. The van der Waals surface area contributed by atoms with Crippen LogP contribution in [0.5, 0.6) is 11.5 Å². The van der Waals surface area contributed by atoms with Gasteiger partial charge in [0, 0.05) is 0 Å². The highest BCUT2D eigenvalue weighted by Gasteiger charge is 2.26. The van der Waals surface area contributed by atoms with Gasteiger partial charge in [0.25, 0.3) is 0 Å². The Morgan fingerprint density at radius 3 is 1.89 bits per heavy atom. The van der Waals surface area contributed by atoms with Crippen molar-refractivity contribution in [3.8, 4) is 11.5 Å². The van der Waals surface area contributed by atoms with E-state index in [1.807, 2.05) is 20.8 Å². The quantitative estimate of drug-likeness (QED) is 0.190. The van der Waals surface area contributed by atoms with Crippen LogP contribution in [0.3, 0.4) is 0 Å². The predicted molar refractivity (Wildman–Crippen MR) is 141 cm³/mol. The van der Waals surface area contributed by atoms with Crippen LogP contribution in [0.25, 0.3) is 0 Å². The molecule has 38 heavy (non-hydrogen) atoms. The number of benzene rings is 1. The fourth-order valence-electron chi connectivity index (χ4n) is 2.88. The van der Waals surface area contributed by atoms with Gasteiger partial charge in [-0.1, -0.05) is 47.1 Å². The van der Waals surface area contributed by atoms with E-state index in [2.05, 4.69) is 0 Å². The average Bonchev–Trinajstić information content (AvgIpc) is 2.88. The molecule has 0 aliphatic rings. The Hall–Kier alpha value is -3.14. The van der Waals surface area contributed by atoms with Gasteiger partial charge in [-0.15, -0.1) is 0 Å². The number of rotatable bonds is 15. The van der Waals surface area contributed by atoms with Gasteiger partial charge in [-0.05, 0) is 57.2 Å². The lowest BCUT2D eigenvalue weighted by Crippen LogP contribution is -2.39. The van der Waals surface area contributed by atoms with Crippen molar-refractivity contribution < 1.29 is 42.9 Å². The van der Waals surface area contributed by atoms with E-state index >= 15 is 0 Å². The number of carbonyl (C=O) groups is 4. The molecule has 214 valence electrons. The van der Waals surface area contributed by atoms with Gasteiger partial charge in [0.1, 0.15) is 18.2 Å². The molecule has 0 aliphatic heterocycles. The van der Waals surface area contributed by atoms with Gasteiger partial charge in [0.15, 0.2) is 11.5 Å². The highest BCUT2D eigenvalue weighted by molar-refractivity contribution is 5.79. The summed E-state index contributed by atoms with van der Waals surface area (Å²) in [5.74, 6) is -2.12. The molecule has 2 N–H and O–H groups in total. The molecule has 0 amide bonds. The molecule has 1 aromatic carbocycles. The monoisotopic (exact) mass is 537 g/mol. The minimum atomic E-state index is -1.05. The number of unbranched alkanes of at least 4 members (excludes halogenated alkanes) is 1. The summed E-state index contributed by atoms with van der Waals surface area (Å²) in [5.41, 5.74) is 6.65. The Bertz CT molecular complexity index is 933. The van der Waals surface area contributed by atoms with Crippen molar-refractivity contribution in [2.75, 3.05) is 6.61 Å². The van der Waals surface area contributed by atoms with Crippen molar-refractivity contribution in [2.45, 2.75) is 98.8 Å². The first-order chi connectivity index (χ1) is 17.9. The molecular weight excluding hydrogens is 494 g/mol. The minimum absolute atomic E-state index is 0.0628. The third-order valence-corrected chi connectivity index (χ3v) is 6.18. The van der Waals surface area contributed by atoms with Gasteiger partial charge < -0.3 is 29.4 Å². The van der Waals surface area contributed by atoms with E-state index in [4.69, 9.17) is 29.4 Å².